The molecular weight excluding hydrogens is 392 g/mol. The molecule has 2 aromatic carbocycles. The highest BCUT2D eigenvalue weighted by Crippen LogP contribution is 2.30. The van der Waals surface area contributed by atoms with Gasteiger partial charge in [-0.1, -0.05) is 48.0 Å². The molecule has 0 saturated carbocycles. The van der Waals surface area contributed by atoms with Crippen molar-refractivity contribution in [2.45, 2.75) is 13.1 Å². The molecule has 28 heavy (non-hydrogen) atoms. The molecule has 0 unspecified atom stereocenters. The summed E-state index contributed by atoms with van der Waals surface area (Å²) in [5.74, 6) is 1.36. The summed E-state index contributed by atoms with van der Waals surface area (Å²) in [6, 6.07) is 16.0. The Morgan fingerprint density at radius 3 is 2.75 bits per heavy atom. The van der Waals surface area contributed by atoms with Crippen molar-refractivity contribution >= 4 is 29.4 Å². The Morgan fingerprint density at radius 2 is 2.04 bits per heavy atom. The van der Waals surface area contributed by atoms with Gasteiger partial charge in [-0.25, -0.2) is 4.68 Å². The van der Waals surface area contributed by atoms with Crippen molar-refractivity contribution in [3.05, 3.63) is 70.0 Å². The zero-order chi connectivity index (χ0) is 19.5. The predicted octanol–water partition coefficient (Wildman–Crippen LogP) is 5.02. The number of methoxy groups -OCH3 is 1. The van der Waals surface area contributed by atoms with Gasteiger partial charge in [0.2, 0.25) is 4.77 Å². The summed E-state index contributed by atoms with van der Waals surface area (Å²) < 4.78 is 7.82. The number of nitrogens with one attached hydrogen (secondary N) is 1. The smallest absolute Gasteiger partial charge is 0.217 e. The maximum absolute atomic E-state index is 6.15. The van der Waals surface area contributed by atoms with Gasteiger partial charge in [-0.3, -0.25) is 10.00 Å². The van der Waals surface area contributed by atoms with Gasteiger partial charge in [-0.2, -0.15) is 4.98 Å². The fraction of sp³-hybridized carbons (Fsp3) is 0.238. The SMILES string of the molecule is COc1ccc(Cl)cc1-c1nc(=S)n(CN2CC=C(c3ccccc3)CC2)[nH]1. The van der Waals surface area contributed by atoms with Crippen molar-refractivity contribution in [1.82, 2.24) is 19.7 Å². The van der Waals surface area contributed by atoms with Crippen LogP contribution in [0.25, 0.3) is 17.0 Å². The van der Waals surface area contributed by atoms with Gasteiger partial charge in [0.1, 0.15) is 5.75 Å². The number of aromatic nitrogens is 3. The van der Waals surface area contributed by atoms with Crippen molar-refractivity contribution in [3.63, 3.8) is 0 Å². The molecule has 1 aromatic heterocycles. The molecule has 3 aromatic rings. The maximum atomic E-state index is 6.15. The number of hydrogen-bond donors (Lipinski definition) is 1. The van der Waals surface area contributed by atoms with E-state index in [4.69, 9.17) is 28.6 Å². The van der Waals surface area contributed by atoms with Crippen LogP contribution >= 0.6 is 23.8 Å². The van der Waals surface area contributed by atoms with Crippen molar-refractivity contribution < 1.29 is 4.74 Å². The monoisotopic (exact) mass is 412 g/mol. The molecule has 5 nitrogen and oxygen atoms in total. The average molecular weight is 413 g/mol. The molecule has 144 valence electrons. The van der Waals surface area contributed by atoms with Crippen LogP contribution in [-0.4, -0.2) is 39.9 Å². The zero-order valence-electron chi connectivity index (χ0n) is 15.6. The summed E-state index contributed by atoms with van der Waals surface area (Å²) in [6.45, 7) is 2.51. The molecule has 1 N–H and O–H groups in total. The molecule has 0 saturated heterocycles. The largest absolute Gasteiger partial charge is 0.496 e. The van der Waals surface area contributed by atoms with Gasteiger partial charge >= 0.3 is 0 Å². The third-order valence-corrected chi connectivity index (χ3v) is 5.42. The molecule has 0 fully saturated rings. The van der Waals surface area contributed by atoms with Crippen LogP contribution in [0.2, 0.25) is 5.02 Å². The Hall–Kier alpha value is -2.41. The van der Waals surface area contributed by atoms with Crippen LogP contribution in [0.15, 0.2) is 54.6 Å². The first kappa shape index (κ1) is 18.9. The predicted molar refractivity (Wildman–Crippen MR) is 115 cm³/mol. The fourth-order valence-electron chi connectivity index (χ4n) is 3.39. The molecule has 0 aliphatic carbocycles. The Balaban J connectivity index is 1.51. The number of H-pyrrole nitrogens is 1. The number of rotatable bonds is 5. The van der Waals surface area contributed by atoms with E-state index in [1.54, 1.807) is 13.2 Å². The van der Waals surface area contributed by atoms with Crippen LogP contribution in [-0.2, 0) is 6.67 Å². The van der Waals surface area contributed by atoms with Crippen molar-refractivity contribution in [3.8, 4) is 17.1 Å². The molecule has 0 radical (unpaired) electrons. The van der Waals surface area contributed by atoms with E-state index in [0.29, 0.717) is 28.0 Å². The summed E-state index contributed by atoms with van der Waals surface area (Å²) in [6.07, 6.45) is 3.31. The Kier molecular flexibility index (Phi) is 5.62. The van der Waals surface area contributed by atoms with Gasteiger partial charge < -0.3 is 4.74 Å². The highest BCUT2D eigenvalue weighted by Gasteiger charge is 2.16. The first-order valence-corrected chi connectivity index (χ1v) is 9.90. The van der Waals surface area contributed by atoms with Crippen molar-refractivity contribution in [2.75, 3.05) is 20.2 Å². The topological polar surface area (TPSA) is 46.1 Å². The second-order valence-electron chi connectivity index (χ2n) is 6.69. The normalized spacial score (nSPS) is 14.7. The molecular formula is C21H21ClN4OS. The van der Waals surface area contributed by atoms with Crippen LogP contribution in [0.4, 0.5) is 0 Å². The Bertz CT molecular complexity index is 1060. The van der Waals surface area contributed by atoms with Crippen LogP contribution < -0.4 is 4.74 Å². The lowest BCUT2D eigenvalue weighted by molar-refractivity contribution is 0.226. The Morgan fingerprint density at radius 1 is 1.21 bits per heavy atom. The summed E-state index contributed by atoms with van der Waals surface area (Å²) in [7, 11) is 1.63. The minimum atomic E-state index is 0.509. The fourth-order valence-corrected chi connectivity index (χ4v) is 3.76. The number of halogens is 1. The van der Waals surface area contributed by atoms with Gasteiger partial charge in [0.15, 0.2) is 5.82 Å². The molecule has 1 aliphatic rings. The summed E-state index contributed by atoms with van der Waals surface area (Å²) in [5.41, 5.74) is 3.50. The van der Waals surface area contributed by atoms with E-state index in [1.165, 1.54) is 11.1 Å². The van der Waals surface area contributed by atoms with Crippen molar-refractivity contribution in [1.29, 1.82) is 0 Å². The second kappa shape index (κ2) is 8.31. The number of ether oxygens (including phenoxy) is 1. The first-order chi connectivity index (χ1) is 13.6. The number of hydrogen-bond acceptors (Lipinski definition) is 4. The molecule has 0 amide bonds. The van der Waals surface area contributed by atoms with Crippen LogP contribution in [0, 0.1) is 4.77 Å². The second-order valence-corrected chi connectivity index (χ2v) is 7.49. The van der Waals surface area contributed by atoms with Gasteiger partial charge in [0.05, 0.1) is 19.3 Å². The third kappa shape index (κ3) is 4.04. The average Bonchev–Trinajstić information content (AvgIpc) is 3.09. The van der Waals surface area contributed by atoms with Crippen LogP contribution in [0.1, 0.15) is 12.0 Å². The molecule has 2 heterocycles. The highest BCUT2D eigenvalue weighted by atomic mass is 35.5. The zero-order valence-corrected chi connectivity index (χ0v) is 17.1. The van der Waals surface area contributed by atoms with Gasteiger partial charge in [-0.15, -0.1) is 0 Å². The lowest BCUT2D eigenvalue weighted by Gasteiger charge is -2.26. The minimum Gasteiger partial charge on any atom is -0.496 e. The summed E-state index contributed by atoms with van der Waals surface area (Å²) in [4.78, 5) is 6.83. The van der Waals surface area contributed by atoms with Gasteiger partial charge in [0.25, 0.3) is 0 Å². The first-order valence-electron chi connectivity index (χ1n) is 9.11. The highest BCUT2D eigenvalue weighted by molar-refractivity contribution is 7.71. The van der Waals surface area contributed by atoms with E-state index < -0.39 is 0 Å². The molecule has 4 rings (SSSR count). The summed E-state index contributed by atoms with van der Waals surface area (Å²) >= 11 is 11.6. The van der Waals surface area contributed by atoms with E-state index in [2.05, 4.69) is 45.3 Å². The molecule has 7 heteroatoms. The van der Waals surface area contributed by atoms with Crippen LogP contribution in [0.3, 0.4) is 0 Å². The third-order valence-electron chi connectivity index (χ3n) is 4.88. The van der Waals surface area contributed by atoms with Crippen LogP contribution in [0.5, 0.6) is 5.75 Å². The minimum absolute atomic E-state index is 0.509. The number of benzene rings is 2. The molecule has 0 atom stereocenters. The standard InChI is InChI=1S/C21H21ClN4OS/c1-27-19-8-7-17(22)13-18(19)20-23-21(28)26(24-20)14-25-11-9-16(10-12-25)15-5-3-2-4-6-15/h2-9,13H,10-12,14H2,1H3,(H,23,24,28). The summed E-state index contributed by atoms with van der Waals surface area (Å²) in [5, 5.41) is 3.91. The number of nitrogens with zero attached hydrogens (tertiary/aromatic N) is 3. The van der Waals surface area contributed by atoms with Gasteiger partial charge in [0, 0.05) is 18.1 Å². The maximum Gasteiger partial charge on any atom is 0.217 e. The lowest BCUT2D eigenvalue weighted by atomic mass is 10.00. The van der Waals surface area contributed by atoms with E-state index >= 15 is 0 Å². The molecule has 0 spiro atoms. The van der Waals surface area contributed by atoms with E-state index in [0.717, 1.165) is 25.1 Å². The Labute approximate surface area is 174 Å². The van der Waals surface area contributed by atoms with E-state index in [1.807, 2.05) is 22.9 Å². The van der Waals surface area contributed by atoms with Gasteiger partial charge in [-0.05, 0) is 48.0 Å². The molecule has 0 bridgehead atoms. The van der Waals surface area contributed by atoms with E-state index in [-0.39, 0.29) is 0 Å². The van der Waals surface area contributed by atoms with Crippen molar-refractivity contribution in [2.24, 2.45) is 0 Å². The lowest BCUT2D eigenvalue weighted by Crippen LogP contribution is -2.31. The number of aromatic amines is 1. The quantitative estimate of drug-likeness (QED) is 0.598. The molecule has 1 aliphatic heterocycles. The van der Waals surface area contributed by atoms with E-state index in [9.17, 15) is 0 Å².